The maximum Gasteiger partial charge on any atom is 0.231 e. The average molecular weight is 274 g/mol. The third-order valence-corrected chi connectivity index (χ3v) is 2.77. The molecule has 0 saturated heterocycles. The molecule has 0 atom stereocenters. The quantitative estimate of drug-likeness (QED) is 0.715. The molecular formula is C13H18N6O. The largest absolute Gasteiger partial charge is 0.399 e. The summed E-state index contributed by atoms with van der Waals surface area (Å²) in [6.07, 6.45) is 1.81. The number of benzene rings is 1. The summed E-state index contributed by atoms with van der Waals surface area (Å²) in [6.45, 7) is 1.24. The van der Waals surface area contributed by atoms with Gasteiger partial charge in [0.1, 0.15) is 0 Å². The van der Waals surface area contributed by atoms with Crippen LogP contribution >= 0.6 is 0 Å². The number of nitrogens with zero attached hydrogens (tertiary/aromatic N) is 4. The van der Waals surface area contributed by atoms with Gasteiger partial charge in [0.2, 0.25) is 5.91 Å². The molecule has 0 unspecified atom stereocenters. The topological polar surface area (TPSA) is 103 Å². The number of carbonyl (C=O) groups excluding carboxylic acids is 1. The van der Waals surface area contributed by atoms with Crippen molar-refractivity contribution in [3.8, 4) is 0 Å². The highest BCUT2D eigenvalue weighted by Gasteiger charge is 2.12. The van der Waals surface area contributed by atoms with Crippen LogP contribution in [-0.2, 0) is 24.9 Å². The lowest BCUT2D eigenvalue weighted by Crippen LogP contribution is -2.33. The Kier molecular flexibility index (Phi) is 4.31. The number of aromatic nitrogens is 3. The van der Waals surface area contributed by atoms with Gasteiger partial charge in [-0.3, -0.25) is 14.4 Å². The summed E-state index contributed by atoms with van der Waals surface area (Å²) in [5.41, 5.74) is 13.6. The van der Waals surface area contributed by atoms with Crippen molar-refractivity contribution < 1.29 is 4.79 Å². The zero-order chi connectivity index (χ0) is 14.5. The van der Waals surface area contributed by atoms with E-state index in [0.29, 0.717) is 18.8 Å². The van der Waals surface area contributed by atoms with E-state index in [9.17, 15) is 4.79 Å². The van der Waals surface area contributed by atoms with Crippen LogP contribution in [0.1, 0.15) is 11.3 Å². The van der Waals surface area contributed by atoms with Crippen molar-refractivity contribution in [1.82, 2.24) is 19.9 Å². The molecule has 0 saturated carbocycles. The van der Waals surface area contributed by atoms with Crippen molar-refractivity contribution in [2.75, 3.05) is 12.3 Å². The molecular weight excluding hydrogens is 256 g/mol. The lowest BCUT2D eigenvalue weighted by atomic mass is 10.2. The fraction of sp³-hybridized carbons (Fsp3) is 0.308. The van der Waals surface area contributed by atoms with Gasteiger partial charge in [0.25, 0.3) is 0 Å². The molecule has 106 valence electrons. The van der Waals surface area contributed by atoms with E-state index in [1.165, 1.54) is 0 Å². The molecule has 2 aromatic rings. The Morgan fingerprint density at radius 1 is 1.40 bits per heavy atom. The van der Waals surface area contributed by atoms with Crippen LogP contribution in [0.2, 0.25) is 0 Å². The van der Waals surface area contributed by atoms with Gasteiger partial charge in [-0.1, -0.05) is 17.3 Å². The van der Waals surface area contributed by atoms with Gasteiger partial charge < -0.3 is 11.5 Å². The second-order valence-corrected chi connectivity index (χ2v) is 4.74. The molecule has 0 aliphatic rings. The van der Waals surface area contributed by atoms with Gasteiger partial charge in [-0.25, -0.2) is 0 Å². The van der Waals surface area contributed by atoms with Crippen LogP contribution in [0.15, 0.2) is 30.5 Å². The Labute approximate surface area is 117 Å². The van der Waals surface area contributed by atoms with Crippen LogP contribution in [0.5, 0.6) is 0 Å². The predicted molar refractivity (Wildman–Crippen MR) is 75.2 cm³/mol. The van der Waals surface area contributed by atoms with Crippen molar-refractivity contribution in [3.63, 3.8) is 0 Å². The number of aryl methyl sites for hydroxylation is 1. The smallest absolute Gasteiger partial charge is 0.231 e. The molecule has 0 fully saturated rings. The van der Waals surface area contributed by atoms with Crippen molar-refractivity contribution in [2.45, 2.75) is 13.1 Å². The van der Waals surface area contributed by atoms with Crippen LogP contribution in [0.4, 0.5) is 5.69 Å². The zero-order valence-electron chi connectivity index (χ0n) is 11.4. The SMILES string of the molecule is Cn1cc(CN(CC(N)=O)Cc2cccc(N)c2)nn1. The lowest BCUT2D eigenvalue weighted by molar-refractivity contribution is -0.119. The van der Waals surface area contributed by atoms with Crippen molar-refractivity contribution in [3.05, 3.63) is 41.7 Å². The van der Waals surface area contributed by atoms with Crippen LogP contribution in [0, 0.1) is 0 Å². The highest BCUT2D eigenvalue weighted by atomic mass is 16.1. The molecule has 7 nitrogen and oxygen atoms in total. The summed E-state index contributed by atoms with van der Waals surface area (Å²) in [7, 11) is 1.80. The summed E-state index contributed by atoms with van der Waals surface area (Å²) in [4.78, 5) is 13.1. The van der Waals surface area contributed by atoms with E-state index in [0.717, 1.165) is 11.3 Å². The molecule has 0 aliphatic carbocycles. The number of hydrogen-bond donors (Lipinski definition) is 2. The Bertz CT molecular complexity index is 594. The number of anilines is 1. The van der Waals surface area contributed by atoms with E-state index in [4.69, 9.17) is 11.5 Å². The summed E-state index contributed by atoms with van der Waals surface area (Å²) in [5, 5.41) is 7.89. The Morgan fingerprint density at radius 3 is 2.80 bits per heavy atom. The number of nitrogen functional groups attached to an aromatic ring is 1. The molecule has 2 rings (SSSR count). The van der Waals surface area contributed by atoms with E-state index < -0.39 is 0 Å². The summed E-state index contributed by atoms with van der Waals surface area (Å²) >= 11 is 0. The number of hydrogen-bond acceptors (Lipinski definition) is 5. The number of primary amides is 1. The maximum absolute atomic E-state index is 11.2. The molecule has 1 aromatic carbocycles. The third-order valence-electron chi connectivity index (χ3n) is 2.77. The van der Waals surface area contributed by atoms with Crippen molar-refractivity contribution in [1.29, 1.82) is 0 Å². The fourth-order valence-electron chi connectivity index (χ4n) is 2.03. The first kappa shape index (κ1) is 14.0. The Morgan fingerprint density at radius 2 is 2.20 bits per heavy atom. The first-order valence-electron chi connectivity index (χ1n) is 6.23. The first-order chi connectivity index (χ1) is 9.52. The molecule has 0 radical (unpaired) electrons. The fourth-order valence-corrected chi connectivity index (χ4v) is 2.03. The van der Waals surface area contributed by atoms with Gasteiger partial charge >= 0.3 is 0 Å². The Hall–Kier alpha value is -2.41. The molecule has 0 bridgehead atoms. The van der Waals surface area contributed by atoms with E-state index in [-0.39, 0.29) is 12.5 Å². The van der Waals surface area contributed by atoms with Gasteiger partial charge in [-0.2, -0.15) is 0 Å². The normalized spacial score (nSPS) is 10.9. The van der Waals surface area contributed by atoms with Gasteiger partial charge in [0.15, 0.2) is 0 Å². The molecule has 0 spiro atoms. The van der Waals surface area contributed by atoms with Crippen LogP contribution in [0.3, 0.4) is 0 Å². The van der Waals surface area contributed by atoms with Crippen molar-refractivity contribution >= 4 is 11.6 Å². The minimum atomic E-state index is -0.377. The maximum atomic E-state index is 11.2. The monoisotopic (exact) mass is 274 g/mol. The van der Waals surface area contributed by atoms with Gasteiger partial charge in [-0.15, -0.1) is 5.10 Å². The summed E-state index contributed by atoms with van der Waals surface area (Å²) in [5.74, 6) is -0.377. The second-order valence-electron chi connectivity index (χ2n) is 4.74. The zero-order valence-corrected chi connectivity index (χ0v) is 11.4. The number of rotatable bonds is 6. The van der Waals surface area contributed by atoms with Gasteiger partial charge in [0, 0.05) is 32.0 Å². The van der Waals surface area contributed by atoms with E-state index in [1.807, 2.05) is 35.4 Å². The van der Waals surface area contributed by atoms with Gasteiger partial charge in [-0.05, 0) is 17.7 Å². The Balaban J connectivity index is 2.09. The summed E-state index contributed by atoms with van der Waals surface area (Å²) in [6, 6.07) is 7.55. The van der Waals surface area contributed by atoms with E-state index in [1.54, 1.807) is 11.7 Å². The highest BCUT2D eigenvalue weighted by Crippen LogP contribution is 2.11. The molecule has 1 heterocycles. The average Bonchev–Trinajstić information content (AvgIpc) is 2.73. The van der Waals surface area contributed by atoms with E-state index >= 15 is 0 Å². The number of carbonyl (C=O) groups is 1. The lowest BCUT2D eigenvalue weighted by Gasteiger charge is -2.19. The molecule has 20 heavy (non-hydrogen) atoms. The van der Waals surface area contributed by atoms with Gasteiger partial charge in [0.05, 0.1) is 12.2 Å². The molecule has 7 heteroatoms. The van der Waals surface area contributed by atoms with Crippen LogP contribution < -0.4 is 11.5 Å². The third kappa shape index (κ3) is 4.06. The van der Waals surface area contributed by atoms with E-state index in [2.05, 4.69) is 10.3 Å². The summed E-state index contributed by atoms with van der Waals surface area (Å²) < 4.78 is 1.62. The minimum Gasteiger partial charge on any atom is -0.399 e. The number of nitrogens with two attached hydrogens (primary N) is 2. The number of amides is 1. The van der Waals surface area contributed by atoms with Crippen molar-refractivity contribution in [2.24, 2.45) is 12.8 Å². The standard InChI is InChI=1S/C13H18N6O/c1-18-7-12(16-17-18)8-19(9-13(15)20)6-10-3-2-4-11(14)5-10/h2-5,7H,6,8-9,14H2,1H3,(H2,15,20). The molecule has 1 amide bonds. The predicted octanol–water partition coefficient (Wildman–Crippen LogP) is -0.115. The second kappa shape index (κ2) is 6.16. The first-order valence-corrected chi connectivity index (χ1v) is 6.23. The molecule has 4 N–H and O–H groups in total. The van der Waals surface area contributed by atoms with Crippen LogP contribution in [-0.4, -0.2) is 32.3 Å². The highest BCUT2D eigenvalue weighted by molar-refractivity contribution is 5.75. The van der Waals surface area contributed by atoms with Crippen LogP contribution in [0.25, 0.3) is 0 Å². The molecule has 0 aliphatic heterocycles. The molecule has 1 aromatic heterocycles. The minimum absolute atomic E-state index is 0.158.